The first-order valence-corrected chi connectivity index (χ1v) is 5.39. The van der Waals surface area contributed by atoms with Crippen LogP contribution in [-0.2, 0) is 4.79 Å². The highest BCUT2D eigenvalue weighted by atomic mass is 16.1. The number of guanidine groups is 1. The quantitative estimate of drug-likeness (QED) is 0.348. The molecule has 0 fully saturated rings. The van der Waals surface area contributed by atoms with E-state index in [4.69, 9.17) is 5.73 Å². The summed E-state index contributed by atoms with van der Waals surface area (Å²) in [5, 5.41) is 5.66. The van der Waals surface area contributed by atoms with Crippen LogP contribution in [0.1, 0.15) is 27.2 Å². The van der Waals surface area contributed by atoms with E-state index in [0.717, 1.165) is 5.57 Å². The molecule has 1 amide bonds. The zero-order valence-corrected chi connectivity index (χ0v) is 10.3. The molecule has 0 radical (unpaired) electrons. The molecule has 0 spiro atoms. The molecule has 0 unspecified atom stereocenters. The molecular formula is C11H22N4O. The Morgan fingerprint density at radius 1 is 1.50 bits per heavy atom. The molecule has 0 aliphatic carbocycles. The van der Waals surface area contributed by atoms with Crippen molar-refractivity contribution in [3.8, 4) is 0 Å². The van der Waals surface area contributed by atoms with Gasteiger partial charge in [-0.1, -0.05) is 12.2 Å². The summed E-state index contributed by atoms with van der Waals surface area (Å²) in [6, 6.07) is 0.168. The minimum atomic E-state index is 0.00945. The van der Waals surface area contributed by atoms with Crippen LogP contribution in [0.2, 0.25) is 0 Å². The molecule has 0 aromatic heterocycles. The van der Waals surface area contributed by atoms with E-state index in [1.54, 1.807) is 0 Å². The summed E-state index contributed by atoms with van der Waals surface area (Å²) in [5.41, 5.74) is 6.52. The van der Waals surface area contributed by atoms with Crippen LogP contribution in [0.3, 0.4) is 0 Å². The number of rotatable bonds is 6. The van der Waals surface area contributed by atoms with Gasteiger partial charge in [0.2, 0.25) is 5.91 Å². The van der Waals surface area contributed by atoms with E-state index in [2.05, 4.69) is 22.2 Å². The zero-order chi connectivity index (χ0) is 12.6. The minimum absolute atomic E-state index is 0.00945. The standard InChI is InChI=1S/C11H22N4O/c1-8(2)7-14-11(12)13-6-5-10(16)15-9(3)4/h9H,1,5-7H2,2-4H3,(H,15,16)(H3,12,13,14). The smallest absolute Gasteiger partial charge is 0.221 e. The molecule has 0 rings (SSSR count). The molecule has 5 nitrogen and oxygen atoms in total. The van der Waals surface area contributed by atoms with Crippen molar-refractivity contribution in [3.05, 3.63) is 12.2 Å². The molecule has 5 heteroatoms. The van der Waals surface area contributed by atoms with Crippen molar-refractivity contribution in [1.82, 2.24) is 10.6 Å². The van der Waals surface area contributed by atoms with Gasteiger partial charge in [0.25, 0.3) is 0 Å². The van der Waals surface area contributed by atoms with Crippen molar-refractivity contribution < 1.29 is 4.79 Å². The number of nitrogens with one attached hydrogen (secondary N) is 2. The Kier molecular flexibility index (Phi) is 7.00. The number of carbonyl (C=O) groups excluding carboxylic acids is 1. The zero-order valence-electron chi connectivity index (χ0n) is 10.3. The van der Waals surface area contributed by atoms with Gasteiger partial charge in [0.15, 0.2) is 5.96 Å². The van der Waals surface area contributed by atoms with E-state index < -0.39 is 0 Å². The number of carbonyl (C=O) groups is 1. The van der Waals surface area contributed by atoms with Crippen LogP contribution < -0.4 is 16.4 Å². The first kappa shape index (κ1) is 14.5. The van der Waals surface area contributed by atoms with Crippen LogP contribution >= 0.6 is 0 Å². The van der Waals surface area contributed by atoms with E-state index in [1.807, 2.05) is 20.8 Å². The van der Waals surface area contributed by atoms with E-state index in [1.165, 1.54) is 0 Å². The number of hydrogen-bond acceptors (Lipinski definition) is 2. The van der Waals surface area contributed by atoms with Gasteiger partial charge in [-0.2, -0.15) is 0 Å². The van der Waals surface area contributed by atoms with Crippen LogP contribution in [0.15, 0.2) is 17.1 Å². The van der Waals surface area contributed by atoms with Crippen LogP contribution in [0.4, 0.5) is 0 Å². The molecule has 0 aliphatic rings. The maximum absolute atomic E-state index is 11.3. The Labute approximate surface area is 97.2 Å². The van der Waals surface area contributed by atoms with Gasteiger partial charge in [-0.15, -0.1) is 0 Å². The molecule has 92 valence electrons. The average Bonchev–Trinajstić information content (AvgIpc) is 2.13. The third kappa shape index (κ3) is 9.05. The molecule has 0 heterocycles. The van der Waals surface area contributed by atoms with Gasteiger partial charge in [0, 0.05) is 19.0 Å². The van der Waals surface area contributed by atoms with Gasteiger partial charge in [-0.05, 0) is 20.8 Å². The molecule has 0 bridgehead atoms. The van der Waals surface area contributed by atoms with Crippen molar-refractivity contribution in [2.75, 3.05) is 13.1 Å². The molecule has 0 aromatic rings. The molecule has 16 heavy (non-hydrogen) atoms. The predicted molar refractivity (Wildman–Crippen MR) is 67.2 cm³/mol. The fourth-order valence-electron chi connectivity index (χ4n) is 0.974. The number of nitrogens with zero attached hydrogens (tertiary/aromatic N) is 1. The fraction of sp³-hybridized carbons (Fsp3) is 0.636. The summed E-state index contributed by atoms with van der Waals surface area (Å²) in [6.07, 6.45) is 0.390. The number of aliphatic imine (C=N–C) groups is 1. The third-order valence-corrected chi connectivity index (χ3v) is 1.63. The first-order valence-electron chi connectivity index (χ1n) is 5.39. The van der Waals surface area contributed by atoms with Crippen molar-refractivity contribution in [1.29, 1.82) is 0 Å². The second kappa shape index (κ2) is 7.73. The SMILES string of the molecule is C=C(C)CN=C(N)NCCC(=O)NC(C)C. The van der Waals surface area contributed by atoms with E-state index in [-0.39, 0.29) is 11.9 Å². The van der Waals surface area contributed by atoms with E-state index in [9.17, 15) is 4.79 Å². The van der Waals surface area contributed by atoms with Gasteiger partial charge >= 0.3 is 0 Å². The summed E-state index contributed by atoms with van der Waals surface area (Å²) >= 11 is 0. The largest absolute Gasteiger partial charge is 0.370 e. The second-order valence-corrected chi connectivity index (χ2v) is 4.06. The van der Waals surface area contributed by atoms with Crippen LogP contribution in [0, 0.1) is 0 Å². The molecule has 0 aliphatic heterocycles. The topological polar surface area (TPSA) is 79.5 Å². The van der Waals surface area contributed by atoms with Crippen LogP contribution in [-0.4, -0.2) is 31.0 Å². The molecule has 0 saturated heterocycles. The lowest BCUT2D eigenvalue weighted by Crippen LogP contribution is -2.37. The lowest BCUT2D eigenvalue weighted by atomic mass is 10.3. The summed E-state index contributed by atoms with van der Waals surface area (Å²) in [7, 11) is 0. The lowest BCUT2D eigenvalue weighted by molar-refractivity contribution is -0.121. The Bertz CT molecular complexity index is 271. The number of amides is 1. The lowest BCUT2D eigenvalue weighted by Gasteiger charge is -2.09. The Morgan fingerprint density at radius 3 is 2.62 bits per heavy atom. The van der Waals surface area contributed by atoms with Gasteiger partial charge in [-0.3, -0.25) is 4.79 Å². The molecule has 0 saturated carbocycles. The Hall–Kier alpha value is -1.52. The van der Waals surface area contributed by atoms with Crippen LogP contribution in [0.5, 0.6) is 0 Å². The number of nitrogens with two attached hydrogens (primary N) is 1. The van der Waals surface area contributed by atoms with Crippen molar-refractivity contribution in [2.45, 2.75) is 33.2 Å². The van der Waals surface area contributed by atoms with Gasteiger partial charge in [0.1, 0.15) is 0 Å². The summed E-state index contributed by atoms with van der Waals surface area (Å²) in [5.74, 6) is 0.357. The Morgan fingerprint density at radius 2 is 2.12 bits per heavy atom. The van der Waals surface area contributed by atoms with Gasteiger partial charge in [0.05, 0.1) is 6.54 Å². The van der Waals surface area contributed by atoms with Crippen molar-refractivity contribution >= 4 is 11.9 Å². The van der Waals surface area contributed by atoms with Gasteiger partial charge in [-0.25, -0.2) is 4.99 Å². The monoisotopic (exact) mass is 226 g/mol. The van der Waals surface area contributed by atoms with Crippen molar-refractivity contribution in [2.24, 2.45) is 10.7 Å². The summed E-state index contributed by atoms with van der Waals surface area (Å²) in [4.78, 5) is 15.3. The highest BCUT2D eigenvalue weighted by Gasteiger charge is 2.02. The maximum atomic E-state index is 11.3. The first-order chi connectivity index (χ1) is 7.41. The van der Waals surface area contributed by atoms with E-state index in [0.29, 0.717) is 25.5 Å². The second-order valence-electron chi connectivity index (χ2n) is 4.06. The van der Waals surface area contributed by atoms with Crippen LogP contribution in [0.25, 0.3) is 0 Å². The minimum Gasteiger partial charge on any atom is -0.370 e. The normalized spacial score (nSPS) is 11.4. The van der Waals surface area contributed by atoms with Gasteiger partial charge < -0.3 is 16.4 Å². The Balaban J connectivity index is 3.69. The van der Waals surface area contributed by atoms with E-state index >= 15 is 0 Å². The predicted octanol–water partition coefficient (Wildman–Crippen LogP) is 0.382. The van der Waals surface area contributed by atoms with Crippen molar-refractivity contribution in [3.63, 3.8) is 0 Å². The third-order valence-electron chi connectivity index (χ3n) is 1.63. The highest BCUT2D eigenvalue weighted by Crippen LogP contribution is 1.86. The fourth-order valence-corrected chi connectivity index (χ4v) is 0.974. The maximum Gasteiger partial charge on any atom is 0.221 e. The average molecular weight is 226 g/mol. The summed E-state index contributed by atoms with van der Waals surface area (Å²) in [6.45, 7) is 10.4. The molecule has 4 N–H and O–H groups in total. The molecule has 0 atom stereocenters. The number of hydrogen-bond donors (Lipinski definition) is 3. The highest BCUT2D eigenvalue weighted by molar-refractivity contribution is 5.80. The molecular weight excluding hydrogens is 204 g/mol. The molecule has 0 aromatic carbocycles. The summed E-state index contributed by atoms with van der Waals surface area (Å²) < 4.78 is 0.